The molecule has 2 N–H and O–H groups in total. The van der Waals surface area contributed by atoms with E-state index in [-0.39, 0.29) is 5.95 Å². The van der Waals surface area contributed by atoms with E-state index < -0.39 is 0 Å². The number of methoxy groups -OCH3 is 1. The molecule has 0 unspecified atom stereocenters. The summed E-state index contributed by atoms with van der Waals surface area (Å²) in [5, 5.41) is 8.01. The minimum Gasteiger partial charge on any atom is -0.480 e. The van der Waals surface area contributed by atoms with Crippen LogP contribution in [0, 0.1) is 0 Å². The van der Waals surface area contributed by atoms with E-state index in [2.05, 4.69) is 20.2 Å². The molecule has 3 heterocycles. The summed E-state index contributed by atoms with van der Waals surface area (Å²) in [7, 11) is 1.53. The summed E-state index contributed by atoms with van der Waals surface area (Å²) in [4.78, 5) is 8.20. The summed E-state index contributed by atoms with van der Waals surface area (Å²) in [6.07, 6.45) is 3.16. The SMILES string of the molecule is COc1ccc(-c2cnc(N)nc2-c2ccco2)nn1. The number of anilines is 1. The molecule has 3 rings (SSSR count). The van der Waals surface area contributed by atoms with Crippen LogP contribution in [-0.4, -0.2) is 27.3 Å². The molecule has 0 aromatic carbocycles. The second-order valence-electron chi connectivity index (χ2n) is 3.93. The molecule has 20 heavy (non-hydrogen) atoms. The van der Waals surface area contributed by atoms with Crippen LogP contribution in [0.25, 0.3) is 22.7 Å². The minimum atomic E-state index is 0.168. The monoisotopic (exact) mass is 269 g/mol. The lowest BCUT2D eigenvalue weighted by molar-refractivity contribution is 0.392. The van der Waals surface area contributed by atoms with Crippen LogP contribution in [0.1, 0.15) is 0 Å². The summed E-state index contributed by atoms with van der Waals surface area (Å²) >= 11 is 0. The smallest absolute Gasteiger partial charge is 0.233 e. The third kappa shape index (κ3) is 2.16. The highest BCUT2D eigenvalue weighted by Gasteiger charge is 2.14. The number of furan rings is 1. The van der Waals surface area contributed by atoms with Gasteiger partial charge in [0.05, 0.1) is 24.6 Å². The first-order chi connectivity index (χ1) is 9.78. The summed E-state index contributed by atoms with van der Waals surface area (Å²) in [6.45, 7) is 0. The van der Waals surface area contributed by atoms with Crippen LogP contribution in [0.2, 0.25) is 0 Å². The predicted octanol–water partition coefficient (Wildman–Crippen LogP) is 1.78. The van der Waals surface area contributed by atoms with E-state index in [1.165, 1.54) is 7.11 Å². The molecule has 0 amide bonds. The van der Waals surface area contributed by atoms with Crippen LogP contribution in [0.15, 0.2) is 41.1 Å². The van der Waals surface area contributed by atoms with Gasteiger partial charge in [0.2, 0.25) is 11.8 Å². The average Bonchev–Trinajstić information content (AvgIpc) is 3.01. The Hall–Kier alpha value is -2.96. The van der Waals surface area contributed by atoms with Crippen LogP contribution in [-0.2, 0) is 0 Å². The number of hydrogen-bond acceptors (Lipinski definition) is 7. The predicted molar refractivity (Wildman–Crippen MR) is 71.7 cm³/mol. The summed E-state index contributed by atoms with van der Waals surface area (Å²) < 4.78 is 10.3. The Morgan fingerprint density at radius 3 is 2.75 bits per heavy atom. The van der Waals surface area contributed by atoms with Gasteiger partial charge >= 0.3 is 0 Å². The largest absolute Gasteiger partial charge is 0.480 e. The van der Waals surface area contributed by atoms with E-state index in [0.717, 1.165) is 0 Å². The third-order valence-electron chi connectivity index (χ3n) is 2.69. The summed E-state index contributed by atoms with van der Waals surface area (Å²) in [5.41, 5.74) is 7.50. The van der Waals surface area contributed by atoms with E-state index in [4.69, 9.17) is 14.9 Å². The topological polar surface area (TPSA) is 100.0 Å². The number of hydrogen-bond donors (Lipinski definition) is 1. The Morgan fingerprint density at radius 2 is 2.10 bits per heavy atom. The Morgan fingerprint density at radius 1 is 1.20 bits per heavy atom. The molecular weight excluding hydrogens is 258 g/mol. The number of nitrogen functional groups attached to an aromatic ring is 1. The van der Waals surface area contributed by atoms with E-state index in [1.807, 2.05) is 0 Å². The zero-order valence-corrected chi connectivity index (χ0v) is 10.6. The minimum absolute atomic E-state index is 0.168. The molecule has 0 radical (unpaired) electrons. The second kappa shape index (κ2) is 4.96. The van der Waals surface area contributed by atoms with Crippen molar-refractivity contribution >= 4 is 5.95 Å². The molecule has 0 spiro atoms. The number of nitrogens with two attached hydrogens (primary N) is 1. The van der Waals surface area contributed by atoms with Crippen LogP contribution >= 0.6 is 0 Å². The zero-order chi connectivity index (χ0) is 13.9. The Kier molecular flexibility index (Phi) is 3.00. The number of rotatable bonds is 3. The van der Waals surface area contributed by atoms with Crippen LogP contribution in [0.5, 0.6) is 5.88 Å². The van der Waals surface area contributed by atoms with Crippen molar-refractivity contribution in [3.05, 3.63) is 36.7 Å². The maximum Gasteiger partial charge on any atom is 0.233 e. The molecule has 0 bridgehead atoms. The van der Waals surface area contributed by atoms with Gasteiger partial charge in [-0.3, -0.25) is 0 Å². The molecule has 0 atom stereocenters. The highest BCUT2D eigenvalue weighted by molar-refractivity contribution is 5.76. The molecule has 7 nitrogen and oxygen atoms in total. The lowest BCUT2D eigenvalue weighted by Crippen LogP contribution is -2.00. The van der Waals surface area contributed by atoms with Crippen molar-refractivity contribution in [3.63, 3.8) is 0 Å². The number of aromatic nitrogens is 4. The van der Waals surface area contributed by atoms with Crippen molar-refractivity contribution in [1.29, 1.82) is 0 Å². The van der Waals surface area contributed by atoms with Crippen LogP contribution in [0.3, 0.4) is 0 Å². The van der Waals surface area contributed by atoms with Crippen molar-refractivity contribution in [1.82, 2.24) is 20.2 Å². The van der Waals surface area contributed by atoms with Crippen LogP contribution in [0.4, 0.5) is 5.95 Å². The number of ether oxygens (including phenoxy) is 1. The van der Waals surface area contributed by atoms with Gasteiger partial charge in [-0.25, -0.2) is 9.97 Å². The van der Waals surface area contributed by atoms with Crippen molar-refractivity contribution in [3.8, 4) is 28.6 Å². The fourth-order valence-corrected chi connectivity index (χ4v) is 1.76. The first kappa shape index (κ1) is 12.1. The molecule has 7 heteroatoms. The molecule has 0 aliphatic rings. The van der Waals surface area contributed by atoms with Gasteiger partial charge in [-0.05, 0) is 18.2 Å². The van der Waals surface area contributed by atoms with Gasteiger partial charge in [0.25, 0.3) is 0 Å². The molecule has 0 aliphatic heterocycles. The molecule has 0 aliphatic carbocycles. The first-order valence-corrected chi connectivity index (χ1v) is 5.82. The van der Waals surface area contributed by atoms with E-state index >= 15 is 0 Å². The maximum absolute atomic E-state index is 5.64. The van der Waals surface area contributed by atoms with Crippen molar-refractivity contribution in [2.45, 2.75) is 0 Å². The van der Waals surface area contributed by atoms with Gasteiger partial charge in [0, 0.05) is 12.3 Å². The second-order valence-corrected chi connectivity index (χ2v) is 3.93. The average molecular weight is 269 g/mol. The normalized spacial score (nSPS) is 10.4. The standard InChI is InChI=1S/C13H11N5O2/c1-19-11-5-4-9(17-18-11)8-7-15-13(14)16-12(8)10-3-2-6-20-10/h2-7H,1H3,(H2,14,15,16). The van der Waals surface area contributed by atoms with Gasteiger partial charge in [-0.2, -0.15) is 0 Å². The molecule has 0 saturated carbocycles. The summed E-state index contributed by atoms with van der Waals surface area (Å²) in [6, 6.07) is 7.05. The Labute approximate surface area is 114 Å². The van der Waals surface area contributed by atoms with Crippen molar-refractivity contribution in [2.24, 2.45) is 0 Å². The quantitative estimate of drug-likeness (QED) is 0.773. The van der Waals surface area contributed by atoms with Crippen molar-refractivity contribution in [2.75, 3.05) is 12.8 Å². The fraction of sp³-hybridized carbons (Fsp3) is 0.0769. The Bertz CT molecular complexity index is 710. The lowest BCUT2D eigenvalue weighted by Gasteiger charge is -2.06. The van der Waals surface area contributed by atoms with Crippen LogP contribution < -0.4 is 10.5 Å². The summed E-state index contributed by atoms with van der Waals surface area (Å²) in [5.74, 6) is 1.19. The third-order valence-corrected chi connectivity index (χ3v) is 2.69. The fourth-order valence-electron chi connectivity index (χ4n) is 1.76. The molecule has 0 saturated heterocycles. The molecule has 3 aromatic heterocycles. The molecule has 0 fully saturated rings. The molecular formula is C13H11N5O2. The van der Waals surface area contributed by atoms with E-state index in [9.17, 15) is 0 Å². The van der Waals surface area contributed by atoms with Gasteiger partial charge in [0.1, 0.15) is 5.69 Å². The lowest BCUT2D eigenvalue weighted by atomic mass is 10.1. The highest BCUT2D eigenvalue weighted by Crippen LogP contribution is 2.29. The van der Waals surface area contributed by atoms with E-state index in [0.29, 0.717) is 28.6 Å². The molecule has 100 valence electrons. The van der Waals surface area contributed by atoms with Gasteiger partial charge in [-0.15, -0.1) is 10.2 Å². The maximum atomic E-state index is 5.64. The van der Waals surface area contributed by atoms with Gasteiger partial charge in [-0.1, -0.05) is 0 Å². The molecule has 3 aromatic rings. The van der Waals surface area contributed by atoms with E-state index in [1.54, 1.807) is 36.7 Å². The zero-order valence-electron chi connectivity index (χ0n) is 10.6. The van der Waals surface area contributed by atoms with Crippen molar-refractivity contribution < 1.29 is 9.15 Å². The highest BCUT2D eigenvalue weighted by atomic mass is 16.5. The Balaban J connectivity index is 2.13. The van der Waals surface area contributed by atoms with Gasteiger partial charge in [0.15, 0.2) is 5.76 Å². The first-order valence-electron chi connectivity index (χ1n) is 5.82. The number of nitrogens with zero attached hydrogens (tertiary/aromatic N) is 4. The van der Waals surface area contributed by atoms with Gasteiger partial charge < -0.3 is 14.9 Å².